The molecule has 0 N–H and O–H groups in total. The highest BCUT2D eigenvalue weighted by molar-refractivity contribution is 7.90. The SMILES string of the molecule is CCCc1cc(C)c2c(ccn2S(=O)(=O)c2ccc(C)cc2)c1C=O.Cc1ccc(S(=O)(=O)n2ccc3c(C=O)c(C(C)C)cc(C)c32)cc1. The summed E-state index contributed by atoms with van der Waals surface area (Å²) < 4.78 is 54.8. The number of aldehydes is 2. The van der Waals surface area contributed by atoms with Crippen LogP contribution in [0.5, 0.6) is 0 Å². The zero-order chi connectivity index (χ0) is 36.5. The quantitative estimate of drug-likeness (QED) is 0.139. The molecule has 2 aromatic heterocycles. The molecule has 0 saturated heterocycles. The van der Waals surface area contributed by atoms with Gasteiger partial charge in [-0.05, 0) is 98.7 Å². The van der Waals surface area contributed by atoms with Gasteiger partial charge in [0.15, 0.2) is 12.6 Å². The summed E-state index contributed by atoms with van der Waals surface area (Å²) in [6.07, 6.45) is 6.43. The molecule has 0 amide bonds. The Labute approximate surface area is 294 Å². The second-order valence-electron chi connectivity index (χ2n) is 13.0. The number of benzene rings is 4. The molecule has 4 aromatic carbocycles. The summed E-state index contributed by atoms with van der Waals surface area (Å²) in [6, 6.07) is 20.8. The van der Waals surface area contributed by atoms with Crippen molar-refractivity contribution in [1.29, 1.82) is 0 Å². The average molecular weight is 711 g/mol. The molecule has 0 bridgehead atoms. The van der Waals surface area contributed by atoms with Crippen molar-refractivity contribution >= 4 is 54.4 Å². The Morgan fingerprint density at radius 2 is 1.04 bits per heavy atom. The maximum atomic E-state index is 13.1. The van der Waals surface area contributed by atoms with E-state index in [0.29, 0.717) is 32.9 Å². The molecule has 0 aliphatic carbocycles. The van der Waals surface area contributed by atoms with Crippen LogP contribution >= 0.6 is 0 Å². The molecule has 0 aliphatic rings. The van der Waals surface area contributed by atoms with E-state index >= 15 is 0 Å². The van der Waals surface area contributed by atoms with Crippen molar-refractivity contribution in [3.63, 3.8) is 0 Å². The van der Waals surface area contributed by atoms with Crippen LogP contribution in [0, 0.1) is 27.7 Å². The first-order chi connectivity index (χ1) is 23.7. The lowest BCUT2D eigenvalue weighted by Gasteiger charge is -2.14. The van der Waals surface area contributed by atoms with Gasteiger partial charge in [-0.25, -0.2) is 24.8 Å². The molecule has 0 saturated carbocycles. The molecule has 10 heteroatoms. The van der Waals surface area contributed by atoms with Gasteiger partial charge in [0.2, 0.25) is 0 Å². The lowest BCUT2D eigenvalue weighted by atomic mass is 9.93. The number of hydrogen-bond acceptors (Lipinski definition) is 6. The van der Waals surface area contributed by atoms with Gasteiger partial charge < -0.3 is 0 Å². The van der Waals surface area contributed by atoms with E-state index in [2.05, 4.69) is 6.92 Å². The van der Waals surface area contributed by atoms with E-state index in [1.165, 1.54) is 20.3 Å². The van der Waals surface area contributed by atoms with Crippen LogP contribution in [-0.2, 0) is 26.5 Å². The zero-order valence-corrected chi connectivity index (χ0v) is 31.0. The van der Waals surface area contributed by atoms with Gasteiger partial charge in [-0.15, -0.1) is 0 Å². The zero-order valence-electron chi connectivity index (χ0n) is 29.4. The third-order valence-corrected chi connectivity index (χ3v) is 12.4. The van der Waals surface area contributed by atoms with Gasteiger partial charge >= 0.3 is 0 Å². The average Bonchev–Trinajstić information content (AvgIpc) is 3.73. The summed E-state index contributed by atoms with van der Waals surface area (Å²) in [5.41, 5.74) is 7.87. The maximum absolute atomic E-state index is 13.1. The predicted molar refractivity (Wildman–Crippen MR) is 200 cm³/mol. The fraction of sp³-hybridized carbons (Fsp3) is 0.250. The minimum absolute atomic E-state index is 0.181. The minimum atomic E-state index is -3.72. The van der Waals surface area contributed by atoms with E-state index in [1.807, 2.05) is 53.7 Å². The monoisotopic (exact) mass is 710 g/mol. The van der Waals surface area contributed by atoms with Gasteiger partial charge in [0, 0.05) is 34.3 Å². The van der Waals surface area contributed by atoms with Gasteiger partial charge in [-0.1, -0.05) is 74.7 Å². The topological polar surface area (TPSA) is 112 Å². The normalized spacial score (nSPS) is 11.9. The Kier molecular flexibility index (Phi) is 10.4. The van der Waals surface area contributed by atoms with E-state index in [-0.39, 0.29) is 15.7 Å². The Morgan fingerprint density at radius 1 is 0.620 bits per heavy atom. The fourth-order valence-corrected chi connectivity index (χ4v) is 9.25. The van der Waals surface area contributed by atoms with Crippen molar-refractivity contribution in [2.24, 2.45) is 0 Å². The molecule has 50 heavy (non-hydrogen) atoms. The van der Waals surface area contributed by atoms with Crippen LogP contribution < -0.4 is 0 Å². The van der Waals surface area contributed by atoms with Crippen molar-refractivity contribution < 1.29 is 26.4 Å². The van der Waals surface area contributed by atoms with Crippen LogP contribution in [-0.4, -0.2) is 37.4 Å². The second-order valence-corrected chi connectivity index (χ2v) is 16.6. The van der Waals surface area contributed by atoms with Crippen LogP contribution in [0.3, 0.4) is 0 Å². The molecule has 0 atom stereocenters. The number of fused-ring (bicyclic) bond motifs is 2. The van der Waals surface area contributed by atoms with E-state index in [1.54, 1.807) is 60.7 Å². The van der Waals surface area contributed by atoms with Crippen LogP contribution in [0.15, 0.2) is 95.0 Å². The van der Waals surface area contributed by atoms with Crippen molar-refractivity contribution in [2.45, 2.75) is 77.0 Å². The number of carbonyl (C=O) groups is 2. The number of nitrogens with zero attached hydrogens (tertiary/aromatic N) is 2. The van der Waals surface area contributed by atoms with Crippen LogP contribution in [0.25, 0.3) is 21.8 Å². The molecular formula is C40H42N2O6S2. The molecule has 0 unspecified atom stereocenters. The number of aryl methyl sites for hydroxylation is 5. The van der Waals surface area contributed by atoms with Crippen LogP contribution in [0.4, 0.5) is 0 Å². The molecule has 0 radical (unpaired) electrons. The van der Waals surface area contributed by atoms with E-state index in [0.717, 1.165) is 58.8 Å². The summed E-state index contributed by atoms with van der Waals surface area (Å²) in [4.78, 5) is 23.8. The van der Waals surface area contributed by atoms with Gasteiger partial charge in [0.25, 0.3) is 20.0 Å². The van der Waals surface area contributed by atoms with Crippen LogP contribution in [0.2, 0.25) is 0 Å². The summed E-state index contributed by atoms with van der Waals surface area (Å²) >= 11 is 0. The smallest absolute Gasteiger partial charge is 0.268 e. The molecule has 0 aliphatic heterocycles. The molecule has 6 rings (SSSR count). The lowest BCUT2D eigenvalue weighted by Crippen LogP contribution is -2.12. The molecule has 8 nitrogen and oxygen atoms in total. The first-order valence-electron chi connectivity index (χ1n) is 16.5. The third-order valence-electron chi connectivity index (χ3n) is 8.98. The molecule has 0 spiro atoms. The Morgan fingerprint density at radius 3 is 1.44 bits per heavy atom. The predicted octanol–water partition coefficient (Wildman–Crippen LogP) is 8.69. The lowest BCUT2D eigenvalue weighted by molar-refractivity contribution is 0.111. The highest BCUT2D eigenvalue weighted by Crippen LogP contribution is 2.33. The number of rotatable bonds is 9. The van der Waals surface area contributed by atoms with E-state index < -0.39 is 20.0 Å². The summed E-state index contributed by atoms with van der Waals surface area (Å²) in [5.74, 6) is 0.181. The van der Waals surface area contributed by atoms with Crippen molar-refractivity contribution in [2.75, 3.05) is 0 Å². The number of carbonyl (C=O) groups excluding carboxylic acids is 2. The Balaban J connectivity index is 0.000000194. The number of aromatic nitrogens is 2. The minimum Gasteiger partial charge on any atom is -0.298 e. The summed E-state index contributed by atoms with van der Waals surface area (Å²) in [6.45, 7) is 13.7. The second kappa shape index (κ2) is 14.2. The van der Waals surface area contributed by atoms with E-state index in [9.17, 15) is 26.4 Å². The van der Waals surface area contributed by atoms with Crippen LogP contribution in [0.1, 0.15) is 87.2 Å². The Hall–Kier alpha value is -4.80. The molecule has 6 aromatic rings. The Bertz CT molecular complexity index is 2450. The van der Waals surface area contributed by atoms with Gasteiger partial charge in [0.05, 0.1) is 20.8 Å². The molecule has 260 valence electrons. The maximum Gasteiger partial charge on any atom is 0.268 e. The highest BCUT2D eigenvalue weighted by atomic mass is 32.2. The van der Waals surface area contributed by atoms with Gasteiger partial charge in [0.1, 0.15) is 0 Å². The first kappa shape index (κ1) is 36.5. The largest absolute Gasteiger partial charge is 0.298 e. The van der Waals surface area contributed by atoms with Gasteiger partial charge in [-0.2, -0.15) is 0 Å². The fourth-order valence-electron chi connectivity index (χ4n) is 6.42. The van der Waals surface area contributed by atoms with Crippen molar-refractivity contribution in [3.8, 4) is 0 Å². The highest BCUT2D eigenvalue weighted by Gasteiger charge is 2.24. The van der Waals surface area contributed by atoms with Crippen molar-refractivity contribution in [1.82, 2.24) is 7.94 Å². The first-order valence-corrected chi connectivity index (χ1v) is 19.4. The third kappa shape index (κ3) is 6.57. The number of hydrogen-bond donors (Lipinski definition) is 0. The van der Waals surface area contributed by atoms with Gasteiger partial charge in [-0.3, -0.25) is 9.59 Å². The van der Waals surface area contributed by atoms with Crippen molar-refractivity contribution in [3.05, 3.63) is 130 Å². The summed E-state index contributed by atoms with van der Waals surface area (Å²) in [7, 11) is -7.43. The molecule has 2 heterocycles. The standard InChI is InChI=1S/2C20H21NO3S/c1-13(2)18-11-15(4)20-17(19(18)12-22)9-10-21(20)25(23,24)16-7-5-14(3)6-8-16;1-4-5-16-12-15(3)20-18(19(16)13-22)10-11-21(20)25(23,24)17-8-6-14(2)7-9-17/h5-13H,1-4H3;6-13H,4-5H2,1-3H3. The molecular weight excluding hydrogens is 669 g/mol. The molecule has 0 fully saturated rings. The summed E-state index contributed by atoms with van der Waals surface area (Å²) in [5, 5.41) is 1.36. The van der Waals surface area contributed by atoms with E-state index in [4.69, 9.17) is 0 Å².